The summed E-state index contributed by atoms with van der Waals surface area (Å²) in [6, 6.07) is 0. The molecule has 0 aliphatic heterocycles. The summed E-state index contributed by atoms with van der Waals surface area (Å²) < 4.78 is 5.28. The maximum atomic E-state index is 5.45. The fourth-order valence-electron chi connectivity index (χ4n) is 1.23. The van der Waals surface area contributed by atoms with Crippen LogP contribution in [0.25, 0.3) is 0 Å². The number of thiocarbonyl (C=S) groups is 1. The molecule has 0 unspecified atom stereocenters. The Balaban J connectivity index is 3.42. The van der Waals surface area contributed by atoms with Gasteiger partial charge in [0.25, 0.3) is 0 Å². The number of nitrogens with zero attached hydrogens (tertiary/aromatic N) is 1. The minimum Gasteiger partial charge on any atom is -0.393 e. The molecule has 0 rings (SSSR count). The SMILES string of the molecule is CCOCCCN(CC)CCC(N)=S. The Morgan fingerprint density at radius 1 is 1.36 bits per heavy atom. The van der Waals surface area contributed by atoms with E-state index in [9.17, 15) is 0 Å². The van der Waals surface area contributed by atoms with Crippen LogP contribution >= 0.6 is 12.2 Å². The van der Waals surface area contributed by atoms with Crippen LogP contribution in [-0.2, 0) is 4.74 Å². The van der Waals surface area contributed by atoms with E-state index in [1.54, 1.807) is 0 Å². The number of ether oxygens (including phenoxy) is 1. The van der Waals surface area contributed by atoms with Gasteiger partial charge in [-0.25, -0.2) is 0 Å². The lowest BCUT2D eigenvalue weighted by Crippen LogP contribution is -2.29. The van der Waals surface area contributed by atoms with Crippen molar-refractivity contribution in [2.24, 2.45) is 5.73 Å². The number of hydrogen-bond acceptors (Lipinski definition) is 3. The molecule has 0 aromatic heterocycles. The second kappa shape index (κ2) is 9.37. The van der Waals surface area contributed by atoms with Crippen LogP contribution < -0.4 is 5.73 Å². The van der Waals surface area contributed by atoms with E-state index in [1.165, 1.54) is 0 Å². The van der Waals surface area contributed by atoms with Gasteiger partial charge in [0.2, 0.25) is 0 Å². The lowest BCUT2D eigenvalue weighted by molar-refractivity contribution is 0.133. The van der Waals surface area contributed by atoms with Crippen molar-refractivity contribution in [1.29, 1.82) is 0 Å². The minimum absolute atomic E-state index is 0.605. The van der Waals surface area contributed by atoms with Crippen molar-refractivity contribution < 1.29 is 4.74 Å². The molecule has 0 aliphatic rings. The molecule has 14 heavy (non-hydrogen) atoms. The molecular formula is C10H22N2OS. The summed E-state index contributed by atoms with van der Waals surface area (Å²) in [4.78, 5) is 2.95. The van der Waals surface area contributed by atoms with Crippen molar-refractivity contribution in [2.75, 3.05) is 32.8 Å². The van der Waals surface area contributed by atoms with E-state index in [2.05, 4.69) is 11.8 Å². The average molecular weight is 218 g/mol. The van der Waals surface area contributed by atoms with E-state index in [1.807, 2.05) is 6.92 Å². The second-order valence-electron chi connectivity index (χ2n) is 3.20. The van der Waals surface area contributed by atoms with Gasteiger partial charge in [-0.1, -0.05) is 19.1 Å². The van der Waals surface area contributed by atoms with Gasteiger partial charge >= 0.3 is 0 Å². The Morgan fingerprint density at radius 2 is 2.07 bits per heavy atom. The number of hydrogen-bond donors (Lipinski definition) is 1. The highest BCUT2D eigenvalue weighted by Gasteiger charge is 2.02. The Bertz CT molecular complexity index is 153. The fraction of sp³-hybridized carbons (Fsp3) is 0.900. The van der Waals surface area contributed by atoms with E-state index in [0.717, 1.165) is 45.7 Å². The zero-order valence-electron chi connectivity index (χ0n) is 9.29. The fourth-order valence-corrected chi connectivity index (χ4v) is 1.32. The Morgan fingerprint density at radius 3 is 2.57 bits per heavy atom. The quantitative estimate of drug-likeness (QED) is 0.469. The van der Waals surface area contributed by atoms with Crippen molar-refractivity contribution in [2.45, 2.75) is 26.7 Å². The van der Waals surface area contributed by atoms with Crippen molar-refractivity contribution in [1.82, 2.24) is 4.90 Å². The van der Waals surface area contributed by atoms with Gasteiger partial charge in [-0.3, -0.25) is 0 Å². The van der Waals surface area contributed by atoms with E-state index in [4.69, 9.17) is 22.7 Å². The van der Waals surface area contributed by atoms with Gasteiger partial charge < -0.3 is 15.4 Å². The van der Waals surface area contributed by atoms with Crippen LogP contribution in [0, 0.1) is 0 Å². The lowest BCUT2D eigenvalue weighted by atomic mass is 10.3. The van der Waals surface area contributed by atoms with Crippen LogP contribution in [0.15, 0.2) is 0 Å². The molecular weight excluding hydrogens is 196 g/mol. The van der Waals surface area contributed by atoms with Gasteiger partial charge in [-0.2, -0.15) is 0 Å². The lowest BCUT2D eigenvalue weighted by Gasteiger charge is -2.19. The van der Waals surface area contributed by atoms with E-state index < -0.39 is 0 Å². The summed E-state index contributed by atoms with van der Waals surface area (Å²) >= 11 is 4.84. The maximum Gasteiger partial charge on any atom is 0.0740 e. The highest BCUT2D eigenvalue weighted by Crippen LogP contribution is 1.94. The Kier molecular flexibility index (Phi) is 9.24. The third-order valence-electron chi connectivity index (χ3n) is 2.09. The van der Waals surface area contributed by atoms with Crippen LogP contribution in [0.2, 0.25) is 0 Å². The minimum atomic E-state index is 0.605. The van der Waals surface area contributed by atoms with Gasteiger partial charge in [0.15, 0.2) is 0 Å². The van der Waals surface area contributed by atoms with Crippen LogP contribution in [-0.4, -0.2) is 42.7 Å². The summed E-state index contributed by atoms with van der Waals surface area (Å²) in [7, 11) is 0. The van der Waals surface area contributed by atoms with E-state index in [0.29, 0.717) is 4.99 Å². The van der Waals surface area contributed by atoms with Gasteiger partial charge in [-0.15, -0.1) is 0 Å². The average Bonchev–Trinajstić information content (AvgIpc) is 2.16. The molecule has 0 atom stereocenters. The summed E-state index contributed by atoms with van der Waals surface area (Å²) in [5.41, 5.74) is 5.45. The highest BCUT2D eigenvalue weighted by molar-refractivity contribution is 7.80. The van der Waals surface area contributed by atoms with E-state index >= 15 is 0 Å². The third kappa shape index (κ3) is 8.41. The predicted octanol–water partition coefficient (Wildman–Crippen LogP) is 1.41. The molecule has 0 heterocycles. The monoisotopic (exact) mass is 218 g/mol. The molecule has 0 aromatic carbocycles. The van der Waals surface area contributed by atoms with Crippen molar-refractivity contribution in [3.8, 4) is 0 Å². The van der Waals surface area contributed by atoms with Crippen LogP contribution in [0.3, 0.4) is 0 Å². The largest absolute Gasteiger partial charge is 0.393 e. The van der Waals surface area contributed by atoms with E-state index in [-0.39, 0.29) is 0 Å². The van der Waals surface area contributed by atoms with Crippen LogP contribution in [0.4, 0.5) is 0 Å². The molecule has 0 saturated carbocycles. The molecule has 0 fully saturated rings. The zero-order chi connectivity index (χ0) is 10.8. The first-order chi connectivity index (χ1) is 6.70. The molecule has 0 bridgehead atoms. The molecule has 3 nitrogen and oxygen atoms in total. The first kappa shape index (κ1) is 13.8. The first-order valence-corrected chi connectivity index (χ1v) is 5.69. The first-order valence-electron chi connectivity index (χ1n) is 5.29. The zero-order valence-corrected chi connectivity index (χ0v) is 10.1. The Labute approximate surface area is 92.6 Å². The molecule has 4 heteroatoms. The molecule has 0 spiro atoms. The van der Waals surface area contributed by atoms with Gasteiger partial charge in [0.1, 0.15) is 0 Å². The van der Waals surface area contributed by atoms with Crippen molar-refractivity contribution in [3.63, 3.8) is 0 Å². The molecule has 2 N–H and O–H groups in total. The van der Waals surface area contributed by atoms with Gasteiger partial charge in [0, 0.05) is 32.7 Å². The predicted molar refractivity (Wildman–Crippen MR) is 64.6 cm³/mol. The van der Waals surface area contributed by atoms with Crippen molar-refractivity contribution in [3.05, 3.63) is 0 Å². The molecule has 0 aromatic rings. The maximum absolute atomic E-state index is 5.45. The summed E-state index contributed by atoms with van der Waals surface area (Å²) in [6.45, 7) is 8.91. The van der Waals surface area contributed by atoms with Crippen molar-refractivity contribution >= 4 is 17.2 Å². The smallest absolute Gasteiger partial charge is 0.0740 e. The molecule has 0 aliphatic carbocycles. The summed E-state index contributed by atoms with van der Waals surface area (Å²) in [5.74, 6) is 0. The molecule has 0 amide bonds. The number of rotatable bonds is 9. The molecule has 0 radical (unpaired) electrons. The standard InChI is InChI=1S/C10H22N2OS/c1-3-12(8-6-10(11)14)7-5-9-13-4-2/h3-9H2,1-2H3,(H2,11,14). The Hall–Kier alpha value is -0.190. The summed E-state index contributed by atoms with van der Waals surface area (Å²) in [6.07, 6.45) is 1.90. The van der Waals surface area contributed by atoms with Crippen LogP contribution in [0.5, 0.6) is 0 Å². The topological polar surface area (TPSA) is 38.5 Å². The molecule has 0 saturated heterocycles. The highest BCUT2D eigenvalue weighted by atomic mass is 32.1. The molecule has 84 valence electrons. The number of nitrogens with two attached hydrogens (primary N) is 1. The second-order valence-corrected chi connectivity index (χ2v) is 3.73. The van der Waals surface area contributed by atoms with Crippen LogP contribution in [0.1, 0.15) is 26.7 Å². The normalized spacial score (nSPS) is 10.8. The third-order valence-corrected chi connectivity index (χ3v) is 2.29. The summed E-state index contributed by atoms with van der Waals surface area (Å²) in [5, 5.41) is 0. The van der Waals surface area contributed by atoms with Gasteiger partial charge in [0.05, 0.1) is 4.99 Å². The van der Waals surface area contributed by atoms with Gasteiger partial charge in [-0.05, 0) is 19.9 Å².